The minimum absolute atomic E-state index is 0.152. The Kier molecular flexibility index (Phi) is 2.96. The van der Waals surface area contributed by atoms with Gasteiger partial charge >= 0.3 is 0 Å². The molecule has 0 N–H and O–H groups in total. The van der Waals surface area contributed by atoms with E-state index in [1.54, 1.807) is 4.57 Å². The Morgan fingerprint density at radius 1 is 1.23 bits per heavy atom. The summed E-state index contributed by atoms with van der Waals surface area (Å²) < 4.78 is 28.3. The third kappa shape index (κ3) is 2.09. The molecule has 4 nitrogen and oxygen atoms in total. The van der Waals surface area contributed by atoms with E-state index >= 15 is 0 Å². The van der Waals surface area contributed by atoms with Crippen molar-refractivity contribution in [1.82, 2.24) is 14.5 Å². The van der Waals surface area contributed by atoms with Crippen LogP contribution in [-0.4, -0.2) is 32.4 Å². The summed E-state index contributed by atoms with van der Waals surface area (Å²) in [5.41, 5.74) is 1.09. The summed E-state index contributed by atoms with van der Waals surface area (Å²) in [5, 5.41) is 0. The number of likely N-dealkylation sites (tertiary alicyclic amines) is 1. The first-order valence-electron chi connectivity index (χ1n) is 7.69. The van der Waals surface area contributed by atoms with Gasteiger partial charge in [-0.1, -0.05) is 0 Å². The topological polar surface area (TPSA) is 38.1 Å². The number of fused-ring (bicyclic) bond motifs is 1. The Balaban J connectivity index is 1.50. The van der Waals surface area contributed by atoms with Crippen LogP contribution >= 0.6 is 0 Å². The summed E-state index contributed by atoms with van der Waals surface area (Å²) in [6.07, 6.45) is 6.36. The lowest BCUT2D eigenvalue weighted by Crippen LogP contribution is -2.37. The number of carbonyl (C=O) groups excluding carboxylic acids is 1. The van der Waals surface area contributed by atoms with Crippen LogP contribution in [0.2, 0.25) is 0 Å². The van der Waals surface area contributed by atoms with E-state index in [-0.39, 0.29) is 11.4 Å². The lowest BCUT2D eigenvalue weighted by Gasteiger charge is -2.24. The number of rotatable bonds is 3. The van der Waals surface area contributed by atoms with Crippen LogP contribution in [0.3, 0.4) is 0 Å². The largest absolute Gasteiger partial charge is 0.337 e. The lowest BCUT2D eigenvalue weighted by molar-refractivity contribution is -0.132. The number of halogens is 2. The van der Waals surface area contributed by atoms with Gasteiger partial charge in [0.15, 0.2) is 11.6 Å². The van der Waals surface area contributed by atoms with Crippen molar-refractivity contribution in [3.05, 3.63) is 30.1 Å². The van der Waals surface area contributed by atoms with Gasteiger partial charge in [0.1, 0.15) is 0 Å². The molecule has 0 bridgehead atoms. The van der Waals surface area contributed by atoms with Gasteiger partial charge in [-0.2, -0.15) is 0 Å². The highest BCUT2D eigenvalue weighted by Crippen LogP contribution is 2.49. The summed E-state index contributed by atoms with van der Waals surface area (Å²) in [6.45, 7) is 1.29. The van der Waals surface area contributed by atoms with Crippen molar-refractivity contribution < 1.29 is 13.6 Å². The Labute approximate surface area is 126 Å². The molecular formula is C16H17F2N3O. The number of imidazole rings is 1. The van der Waals surface area contributed by atoms with Crippen molar-refractivity contribution in [2.45, 2.75) is 44.2 Å². The number of amides is 1. The molecule has 22 heavy (non-hydrogen) atoms. The maximum Gasteiger partial charge on any atom is 0.224 e. The first-order valence-corrected chi connectivity index (χ1v) is 7.69. The molecule has 116 valence electrons. The first-order chi connectivity index (χ1) is 10.6. The molecule has 1 aliphatic carbocycles. The smallest absolute Gasteiger partial charge is 0.224 e. The molecule has 0 unspecified atom stereocenters. The summed E-state index contributed by atoms with van der Waals surface area (Å²) in [6, 6.07) is 2.23. The molecule has 1 aromatic carbocycles. The van der Waals surface area contributed by atoms with Gasteiger partial charge in [-0.15, -0.1) is 0 Å². The zero-order valence-electron chi connectivity index (χ0n) is 12.2. The van der Waals surface area contributed by atoms with Crippen molar-refractivity contribution in [2.75, 3.05) is 6.54 Å². The zero-order chi connectivity index (χ0) is 15.3. The second kappa shape index (κ2) is 4.76. The number of aromatic nitrogens is 2. The van der Waals surface area contributed by atoms with E-state index < -0.39 is 11.6 Å². The second-order valence-electron chi connectivity index (χ2n) is 6.32. The lowest BCUT2D eigenvalue weighted by atomic mass is 10.2. The van der Waals surface area contributed by atoms with Crippen LogP contribution in [0, 0.1) is 11.6 Å². The van der Waals surface area contributed by atoms with Crippen LogP contribution in [0.4, 0.5) is 8.78 Å². The molecule has 2 aliphatic rings. The third-order valence-electron chi connectivity index (χ3n) is 4.95. The van der Waals surface area contributed by atoms with E-state index in [2.05, 4.69) is 4.98 Å². The van der Waals surface area contributed by atoms with Crippen LogP contribution in [-0.2, 0) is 11.3 Å². The molecule has 4 rings (SSSR count). The average Bonchev–Trinajstić information content (AvgIpc) is 2.97. The van der Waals surface area contributed by atoms with E-state index in [1.807, 2.05) is 4.90 Å². The van der Waals surface area contributed by atoms with Gasteiger partial charge in [0.2, 0.25) is 5.91 Å². The SMILES string of the molecule is O=C(CCn1cnc2cc(F)c(F)cc21)N1CCCC12CC2. The molecule has 1 aromatic heterocycles. The van der Waals surface area contributed by atoms with Crippen molar-refractivity contribution in [3.63, 3.8) is 0 Å². The molecule has 1 saturated heterocycles. The molecule has 2 fully saturated rings. The van der Waals surface area contributed by atoms with Gasteiger partial charge in [0.05, 0.1) is 17.4 Å². The highest BCUT2D eigenvalue weighted by molar-refractivity contribution is 5.79. The van der Waals surface area contributed by atoms with Crippen LogP contribution in [0.1, 0.15) is 32.1 Å². The fourth-order valence-electron chi connectivity index (χ4n) is 3.57. The molecule has 1 spiro atoms. The highest BCUT2D eigenvalue weighted by Gasteiger charge is 2.52. The number of aryl methyl sites for hydroxylation is 1. The van der Waals surface area contributed by atoms with E-state index in [9.17, 15) is 13.6 Å². The molecular weight excluding hydrogens is 288 g/mol. The fourth-order valence-corrected chi connectivity index (χ4v) is 3.57. The first kappa shape index (κ1) is 13.7. The molecule has 2 aromatic rings. The summed E-state index contributed by atoms with van der Waals surface area (Å²) in [4.78, 5) is 18.5. The van der Waals surface area contributed by atoms with Crippen molar-refractivity contribution in [1.29, 1.82) is 0 Å². The Bertz CT molecular complexity index is 751. The zero-order valence-corrected chi connectivity index (χ0v) is 12.2. The average molecular weight is 305 g/mol. The van der Waals surface area contributed by atoms with Gasteiger partial charge in [0.25, 0.3) is 0 Å². The third-order valence-corrected chi connectivity index (χ3v) is 4.95. The minimum Gasteiger partial charge on any atom is -0.337 e. The quantitative estimate of drug-likeness (QED) is 0.874. The summed E-state index contributed by atoms with van der Waals surface area (Å²) in [7, 11) is 0. The molecule has 6 heteroatoms. The molecule has 1 aliphatic heterocycles. The molecule has 1 saturated carbocycles. The predicted molar refractivity (Wildman–Crippen MR) is 77.2 cm³/mol. The number of hydrogen-bond acceptors (Lipinski definition) is 2. The number of carbonyl (C=O) groups is 1. The molecule has 0 atom stereocenters. The van der Waals surface area contributed by atoms with Crippen LogP contribution < -0.4 is 0 Å². The van der Waals surface area contributed by atoms with Crippen molar-refractivity contribution >= 4 is 16.9 Å². The predicted octanol–water partition coefficient (Wildman–Crippen LogP) is 2.86. The van der Waals surface area contributed by atoms with Crippen molar-refractivity contribution in [2.24, 2.45) is 0 Å². The Morgan fingerprint density at radius 3 is 2.77 bits per heavy atom. The van der Waals surface area contributed by atoms with E-state index in [4.69, 9.17) is 0 Å². The maximum atomic E-state index is 13.4. The maximum absolute atomic E-state index is 13.4. The van der Waals surface area contributed by atoms with Gasteiger partial charge in [-0.3, -0.25) is 4.79 Å². The standard InChI is InChI=1S/C16H17F2N3O/c17-11-8-13-14(9-12(11)18)20(10-19-13)7-2-15(22)21-6-1-3-16(21)4-5-16/h8-10H,1-7H2. The van der Waals surface area contributed by atoms with Crippen LogP contribution in [0.5, 0.6) is 0 Å². The van der Waals surface area contributed by atoms with E-state index in [0.717, 1.165) is 44.4 Å². The summed E-state index contributed by atoms with van der Waals surface area (Å²) >= 11 is 0. The van der Waals surface area contributed by atoms with Gasteiger partial charge < -0.3 is 9.47 Å². The summed E-state index contributed by atoms with van der Waals surface area (Å²) in [5.74, 6) is -1.64. The Hall–Kier alpha value is -1.98. The number of benzene rings is 1. The molecule has 1 amide bonds. The van der Waals surface area contributed by atoms with Crippen LogP contribution in [0.15, 0.2) is 18.5 Å². The number of nitrogens with zero attached hydrogens (tertiary/aromatic N) is 3. The Morgan fingerprint density at radius 2 is 2.00 bits per heavy atom. The van der Waals surface area contributed by atoms with Crippen LogP contribution in [0.25, 0.3) is 11.0 Å². The number of hydrogen-bond donors (Lipinski definition) is 0. The molecule has 0 radical (unpaired) electrons. The van der Waals surface area contributed by atoms with Gasteiger partial charge in [0, 0.05) is 37.2 Å². The minimum atomic E-state index is -0.901. The highest BCUT2D eigenvalue weighted by atomic mass is 19.2. The second-order valence-corrected chi connectivity index (χ2v) is 6.32. The monoisotopic (exact) mass is 305 g/mol. The molecule has 2 heterocycles. The van der Waals surface area contributed by atoms with Gasteiger partial charge in [-0.25, -0.2) is 13.8 Å². The van der Waals surface area contributed by atoms with E-state index in [1.165, 1.54) is 6.33 Å². The normalized spacial score (nSPS) is 19.3. The van der Waals surface area contributed by atoms with Crippen molar-refractivity contribution in [3.8, 4) is 0 Å². The van der Waals surface area contributed by atoms with E-state index in [0.29, 0.717) is 24.0 Å². The van der Waals surface area contributed by atoms with Gasteiger partial charge in [-0.05, 0) is 25.7 Å². The fraction of sp³-hybridized carbons (Fsp3) is 0.500.